The smallest absolute Gasteiger partial charge is 0.299 e. The first-order valence-corrected chi connectivity index (χ1v) is 7.08. The minimum Gasteiger partial charge on any atom is -0.423 e. The fraction of sp³-hybridized carbons (Fsp3) is 0. The minimum absolute atomic E-state index is 0.423. The van der Waals surface area contributed by atoms with Gasteiger partial charge in [-0.3, -0.25) is 5.10 Å². The summed E-state index contributed by atoms with van der Waals surface area (Å²) in [5.74, 6) is 0.677. The van der Waals surface area contributed by atoms with E-state index in [1.807, 2.05) is 42.5 Å². The molecule has 0 aliphatic heterocycles. The zero-order valence-electron chi connectivity index (χ0n) is 11.4. The van der Waals surface area contributed by atoms with E-state index < -0.39 is 0 Å². The highest BCUT2D eigenvalue weighted by Crippen LogP contribution is 2.28. The van der Waals surface area contributed by atoms with Crippen molar-refractivity contribution in [1.82, 2.24) is 15.2 Å². The van der Waals surface area contributed by atoms with E-state index in [1.54, 1.807) is 12.4 Å². The van der Waals surface area contributed by atoms with Gasteiger partial charge in [0.1, 0.15) is 0 Å². The zero-order chi connectivity index (χ0) is 14.9. The van der Waals surface area contributed by atoms with Crippen molar-refractivity contribution in [2.75, 3.05) is 5.32 Å². The van der Waals surface area contributed by atoms with Crippen molar-refractivity contribution < 1.29 is 4.42 Å². The number of oxazole rings is 1. The number of nitrogens with one attached hydrogen (secondary N) is 2. The van der Waals surface area contributed by atoms with Crippen molar-refractivity contribution in [2.45, 2.75) is 0 Å². The Hall–Kier alpha value is -2.79. The number of aromatic nitrogens is 3. The summed E-state index contributed by atoms with van der Waals surface area (Å²) < 4.78 is 5.74. The van der Waals surface area contributed by atoms with E-state index in [2.05, 4.69) is 20.5 Å². The van der Waals surface area contributed by atoms with Crippen LogP contribution in [0.4, 0.5) is 11.7 Å². The van der Waals surface area contributed by atoms with Crippen LogP contribution in [0.5, 0.6) is 0 Å². The molecule has 2 N–H and O–H groups in total. The molecule has 4 rings (SSSR count). The number of para-hydroxylation sites is 1. The van der Waals surface area contributed by atoms with E-state index in [0.29, 0.717) is 16.8 Å². The molecule has 0 radical (unpaired) electrons. The molecule has 0 spiro atoms. The lowest BCUT2D eigenvalue weighted by Gasteiger charge is -2.02. The molecule has 0 saturated carbocycles. The van der Waals surface area contributed by atoms with Crippen molar-refractivity contribution in [3.8, 4) is 11.3 Å². The Morgan fingerprint density at radius 3 is 2.77 bits per heavy atom. The summed E-state index contributed by atoms with van der Waals surface area (Å²) in [7, 11) is 0. The van der Waals surface area contributed by atoms with Crippen LogP contribution in [-0.2, 0) is 0 Å². The summed E-state index contributed by atoms with van der Waals surface area (Å²) in [5, 5.41) is 11.9. The van der Waals surface area contributed by atoms with E-state index in [0.717, 1.165) is 22.2 Å². The average molecular weight is 311 g/mol. The Balaban J connectivity index is 1.64. The number of hydrogen-bond donors (Lipinski definition) is 2. The largest absolute Gasteiger partial charge is 0.423 e. The van der Waals surface area contributed by atoms with Crippen LogP contribution in [0.25, 0.3) is 22.2 Å². The maximum atomic E-state index is 5.89. The number of benzene rings is 2. The van der Waals surface area contributed by atoms with Crippen LogP contribution in [0.15, 0.2) is 59.3 Å². The summed E-state index contributed by atoms with van der Waals surface area (Å²) in [4.78, 5) is 4.26. The molecular formula is C16H11ClN4O. The number of nitrogens with zero attached hydrogens (tertiary/aromatic N) is 2. The second-order valence-corrected chi connectivity index (χ2v) is 5.24. The lowest BCUT2D eigenvalue weighted by molar-refractivity contribution is 0.592. The molecule has 2 heterocycles. The highest BCUT2D eigenvalue weighted by Gasteiger charge is 2.09. The van der Waals surface area contributed by atoms with Crippen LogP contribution in [-0.4, -0.2) is 15.2 Å². The van der Waals surface area contributed by atoms with Crippen molar-refractivity contribution in [3.05, 3.63) is 59.9 Å². The summed E-state index contributed by atoms with van der Waals surface area (Å²) in [6, 6.07) is 13.7. The van der Waals surface area contributed by atoms with Crippen molar-refractivity contribution in [3.63, 3.8) is 0 Å². The molecule has 0 atom stereocenters. The molecule has 22 heavy (non-hydrogen) atoms. The van der Waals surface area contributed by atoms with Gasteiger partial charge in [-0.05, 0) is 30.3 Å². The predicted octanol–water partition coefficient (Wildman–Crippen LogP) is 4.61. The maximum Gasteiger partial charge on any atom is 0.299 e. The van der Waals surface area contributed by atoms with Gasteiger partial charge in [0, 0.05) is 16.0 Å². The zero-order valence-corrected chi connectivity index (χ0v) is 12.1. The number of H-pyrrole nitrogens is 1. The quantitative estimate of drug-likeness (QED) is 0.579. The van der Waals surface area contributed by atoms with Crippen LogP contribution >= 0.6 is 11.6 Å². The fourth-order valence-electron chi connectivity index (χ4n) is 2.27. The molecule has 2 aromatic heterocycles. The van der Waals surface area contributed by atoms with Gasteiger partial charge in [0.05, 0.1) is 23.6 Å². The Kier molecular flexibility index (Phi) is 3.05. The van der Waals surface area contributed by atoms with Gasteiger partial charge in [0.2, 0.25) is 0 Å². The molecular weight excluding hydrogens is 300 g/mol. The second-order valence-electron chi connectivity index (χ2n) is 4.80. The Labute approximate surface area is 130 Å². The van der Waals surface area contributed by atoms with Gasteiger partial charge < -0.3 is 9.73 Å². The molecule has 0 aliphatic rings. The Bertz CT molecular complexity index is 927. The standard InChI is InChI=1S/C16H11ClN4O/c17-12-6-4-10(5-7-12)14-9-18-16(22-14)20-13-3-1-2-11-8-19-21-15(11)13/h1-9H,(H,18,20)(H,19,21). The van der Waals surface area contributed by atoms with E-state index in [1.165, 1.54) is 0 Å². The molecule has 6 heteroatoms. The fourth-order valence-corrected chi connectivity index (χ4v) is 2.39. The first-order chi connectivity index (χ1) is 10.8. The van der Waals surface area contributed by atoms with Crippen LogP contribution in [0.1, 0.15) is 0 Å². The molecule has 0 fully saturated rings. The van der Waals surface area contributed by atoms with Gasteiger partial charge in [-0.1, -0.05) is 23.7 Å². The third kappa shape index (κ3) is 2.31. The molecule has 0 saturated heterocycles. The lowest BCUT2D eigenvalue weighted by Crippen LogP contribution is -1.91. The number of hydrogen-bond acceptors (Lipinski definition) is 4. The summed E-state index contributed by atoms with van der Waals surface area (Å²) in [5.41, 5.74) is 2.69. The predicted molar refractivity (Wildman–Crippen MR) is 86.3 cm³/mol. The van der Waals surface area contributed by atoms with Gasteiger partial charge in [-0.25, -0.2) is 4.98 Å². The summed E-state index contributed by atoms with van der Waals surface area (Å²) in [6.45, 7) is 0. The van der Waals surface area contributed by atoms with Crippen molar-refractivity contribution in [2.24, 2.45) is 0 Å². The number of aromatic amines is 1. The topological polar surface area (TPSA) is 66.7 Å². The summed E-state index contributed by atoms with van der Waals surface area (Å²) in [6.07, 6.45) is 3.45. The minimum atomic E-state index is 0.423. The molecule has 108 valence electrons. The molecule has 4 aromatic rings. The molecule has 0 bridgehead atoms. The van der Waals surface area contributed by atoms with Gasteiger partial charge >= 0.3 is 0 Å². The number of anilines is 2. The monoisotopic (exact) mass is 310 g/mol. The molecule has 2 aromatic carbocycles. The van der Waals surface area contributed by atoms with E-state index in [9.17, 15) is 0 Å². The first-order valence-electron chi connectivity index (χ1n) is 6.70. The van der Waals surface area contributed by atoms with E-state index in [-0.39, 0.29) is 0 Å². The molecule has 5 nitrogen and oxygen atoms in total. The highest BCUT2D eigenvalue weighted by molar-refractivity contribution is 6.30. The van der Waals surface area contributed by atoms with Crippen LogP contribution in [0, 0.1) is 0 Å². The third-order valence-corrected chi connectivity index (χ3v) is 3.60. The van der Waals surface area contributed by atoms with Crippen molar-refractivity contribution >= 4 is 34.2 Å². The number of rotatable bonds is 3. The van der Waals surface area contributed by atoms with E-state index in [4.69, 9.17) is 16.0 Å². The van der Waals surface area contributed by atoms with Gasteiger partial charge in [-0.15, -0.1) is 0 Å². The van der Waals surface area contributed by atoms with Gasteiger partial charge in [-0.2, -0.15) is 5.10 Å². The average Bonchev–Trinajstić information content (AvgIpc) is 3.17. The van der Waals surface area contributed by atoms with E-state index >= 15 is 0 Å². The molecule has 0 amide bonds. The second kappa shape index (κ2) is 5.20. The third-order valence-electron chi connectivity index (χ3n) is 3.35. The Morgan fingerprint density at radius 1 is 1.05 bits per heavy atom. The molecule has 0 aliphatic carbocycles. The van der Waals surface area contributed by atoms with Crippen molar-refractivity contribution in [1.29, 1.82) is 0 Å². The maximum absolute atomic E-state index is 5.89. The molecule has 0 unspecified atom stereocenters. The normalized spacial score (nSPS) is 11.0. The van der Waals surface area contributed by atoms with Gasteiger partial charge in [0.15, 0.2) is 5.76 Å². The van der Waals surface area contributed by atoms with Crippen LogP contribution in [0.2, 0.25) is 5.02 Å². The van der Waals surface area contributed by atoms with Crippen LogP contribution in [0.3, 0.4) is 0 Å². The first kappa shape index (κ1) is 12.9. The van der Waals surface area contributed by atoms with Gasteiger partial charge in [0.25, 0.3) is 6.01 Å². The number of halogens is 1. The lowest BCUT2D eigenvalue weighted by atomic mass is 10.2. The Morgan fingerprint density at radius 2 is 1.91 bits per heavy atom. The SMILES string of the molecule is Clc1ccc(-c2cnc(Nc3cccc4cn[nH]c34)o2)cc1. The number of fused-ring (bicyclic) bond motifs is 1. The summed E-state index contributed by atoms with van der Waals surface area (Å²) >= 11 is 5.89. The highest BCUT2D eigenvalue weighted by atomic mass is 35.5. The van der Waals surface area contributed by atoms with Crippen LogP contribution < -0.4 is 5.32 Å².